The predicted molar refractivity (Wildman–Crippen MR) is 57.4 cm³/mol. The fourth-order valence-electron chi connectivity index (χ4n) is 1.82. The van der Waals surface area contributed by atoms with E-state index in [1.807, 2.05) is 0 Å². The molecule has 0 aliphatic heterocycles. The quantitative estimate of drug-likeness (QED) is 0.633. The van der Waals surface area contributed by atoms with Crippen LogP contribution in [0.2, 0.25) is 0 Å². The Morgan fingerprint density at radius 2 is 1.85 bits per heavy atom. The lowest BCUT2D eigenvalue weighted by atomic mass is 9.99. The second-order valence-electron chi connectivity index (χ2n) is 3.30. The van der Waals surface area contributed by atoms with E-state index in [0.717, 1.165) is 12.8 Å². The first-order valence-corrected chi connectivity index (χ1v) is 4.87. The molecule has 0 atom stereocenters. The van der Waals surface area contributed by atoms with Crippen molar-refractivity contribution in [2.45, 2.75) is 19.8 Å². The zero-order valence-electron chi connectivity index (χ0n) is 7.96. The molecule has 0 heterocycles. The molecule has 0 amide bonds. The van der Waals surface area contributed by atoms with Gasteiger partial charge in [0.2, 0.25) is 0 Å². The van der Waals surface area contributed by atoms with Crippen molar-refractivity contribution in [1.29, 1.82) is 0 Å². The Hall–Kier alpha value is -1.30. The van der Waals surface area contributed by atoms with Crippen LogP contribution in [0.15, 0.2) is 48.1 Å². The largest absolute Gasteiger partial charge is 0.0769 e. The molecule has 1 aromatic carbocycles. The zero-order valence-corrected chi connectivity index (χ0v) is 7.96. The number of hydrogen-bond acceptors (Lipinski definition) is 0. The number of benzene rings is 1. The molecule has 0 saturated heterocycles. The smallest absolute Gasteiger partial charge is 0.0154 e. The van der Waals surface area contributed by atoms with Crippen LogP contribution in [0, 0.1) is 0 Å². The van der Waals surface area contributed by atoms with Crippen LogP contribution in [-0.2, 0) is 0 Å². The van der Waals surface area contributed by atoms with E-state index in [2.05, 4.69) is 49.4 Å². The van der Waals surface area contributed by atoms with Crippen molar-refractivity contribution < 1.29 is 0 Å². The first kappa shape index (κ1) is 8.31. The maximum Gasteiger partial charge on any atom is -0.0154 e. The van der Waals surface area contributed by atoms with E-state index in [9.17, 15) is 0 Å². The summed E-state index contributed by atoms with van der Waals surface area (Å²) in [7, 11) is 0. The van der Waals surface area contributed by atoms with Crippen LogP contribution < -0.4 is 0 Å². The number of hydrogen-bond donors (Lipinski definition) is 0. The molecule has 0 radical (unpaired) electrons. The van der Waals surface area contributed by atoms with Gasteiger partial charge in [-0.1, -0.05) is 49.4 Å². The Balaban J connectivity index is 2.33. The third-order valence-corrected chi connectivity index (χ3v) is 2.50. The van der Waals surface area contributed by atoms with Gasteiger partial charge in [-0.05, 0) is 29.6 Å². The van der Waals surface area contributed by atoms with Crippen molar-refractivity contribution in [2.75, 3.05) is 0 Å². The highest BCUT2D eigenvalue weighted by Crippen LogP contribution is 2.30. The summed E-state index contributed by atoms with van der Waals surface area (Å²) in [6.45, 7) is 2.22. The summed E-state index contributed by atoms with van der Waals surface area (Å²) in [5.41, 5.74) is 4.28. The van der Waals surface area contributed by atoms with Gasteiger partial charge in [0.1, 0.15) is 0 Å². The molecule has 1 aliphatic carbocycles. The molecule has 66 valence electrons. The lowest BCUT2D eigenvalue weighted by Gasteiger charge is -2.05. The molecule has 0 fully saturated rings. The zero-order chi connectivity index (χ0) is 9.10. The summed E-state index contributed by atoms with van der Waals surface area (Å²) in [5.74, 6) is 0. The minimum atomic E-state index is 1.10. The topological polar surface area (TPSA) is 0 Å². The highest BCUT2D eigenvalue weighted by molar-refractivity contribution is 5.81. The maximum atomic E-state index is 2.32. The summed E-state index contributed by atoms with van der Waals surface area (Å²) >= 11 is 0. The molecule has 1 aromatic rings. The van der Waals surface area contributed by atoms with Gasteiger partial charge in [-0.15, -0.1) is 0 Å². The van der Waals surface area contributed by atoms with Gasteiger partial charge in [-0.2, -0.15) is 0 Å². The molecule has 0 nitrogen and oxygen atoms in total. The van der Waals surface area contributed by atoms with E-state index in [-0.39, 0.29) is 0 Å². The Morgan fingerprint density at radius 3 is 2.54 bits per heavy atom. The molecule has 0 N–H and O–H groups in total. The van der Waals surface area contributed by atoms with Crippen molar-refractivity contribution in [3.8, 4) is 0 Å². The number of rotatable bonds is 2. The molecule has 2 rings (SSSR count). The molecule has 0 bridgehead atoms. The highest BCUT2D eigenvalue weighted by atomic mass is 14.1. The fourth-order valence-corrected chi connectivity index (χ4v) is 1.82. The van der Waals surface area contributed by atoms with Gasteiger partial charge in [0.15, 0.2) is 0 Å². The Kier molecular flexibility index (Phi) is 2.31. The van der Waals surface area contributed by atoms with Gasteiger partial charge >= 0.3 is 0 Å². The lowest BCUT2D eigenvalue weighted by Crippen LogP contribution is -1.84. The van der Waals surface area contributed by atoms with E-state index in [1.165, 1.54) is 16.7 Å². The fraction of sp³-hybridized carbons (Fsp3) is 0.231. The van der Waals surface area contributed by atoms with Crippen molar-refractivity contribution in [3.63, 3.8) is 0 Å². The minimum Gasteiger partial charge on any atom is -0.0769 e. The van der Waals surface area contributed by atoms with Gasteiger partial charge in [-0.3, -0.25) is 0 Å². The molecule has 0 saturated carbocycles. The first-order chi connectivity index (χ1) is 6.42. The van der Waals surface area contributed by atoms with Gasteiger partial charge in [-0.25, -0.2) is 0 Å². The standard InChI is InChI=1S/C13H14/c1-2-11-9-6-10-13(11)12-7-4-3-5-8-12/h3-5,7-10H,2,6H2,1H3. The maximum absolute atomic E-state index is 2.32. The van der Waals surface area contributed by atoms with Gasteiger partial charge in [0.25, 0.3) is 0 Å². The van der Waals surface area contributed by atoms with Crippen LogP contribution in [0.3, 0.4) is 0 Å². The van der Waals surface area contributed by atoms with Crippen LogP contribution in [0.4, 0.5) is 0 Å². The van der Waals surface area contributed by atoms with E-state index >= 15 is 0 Å². The predicted octanol–water partition coefficient (Wildman–Crippen LogP) is 3.81. The van der Waals surface area contributed by atoms with Crippen LogP contribution in [0.1, 0.15) is 25.3 Å². The van der Waals surface area contributed by atoms with E-state index in [4.69, 9.17) is 0 Å². The Morgan fingerprint density at radius 1 is 1.08 bits per heavy atom. The third-order valence-electron chi connectivity index (χ3n) is 2.50. The molecule has 0 spiro atoms. The summed E-state index contributed by atoms with van der Waals surface area (Å²) < 4.78 is 0. The van der Waals surface area contributed by atoms with Crippen LogP contribution >= 0.6 is 0 Å². The van der Waals surface area contributed by atoms with Crippen molar-refractivity contribution in [3.05, 3.63) is 53.6 Å². The average Bonchev–Trinajstić information content (AvgIpc) is 2.67. The highest BCUT2D eigenvalue weighted by Gasteiger charge is 2.08. The van der Waals surface area contributed by atoms with Gasteiger partial charge < -0.3 is 0 Å². The summed E-state index contributed by atoms with van der Waals surface area (Å²) in [6, 6.07) is 10.6. The van der Waals surface area contributed by atoms with E-state index in [1.54, 1.807) is 0 Å². The SMILES string of the molecule is CCC1=CCC=C1c1ccccc1. The monoisotopic (exact) mass is 170 g/mol. The second-order valence-corrected chi connectivity index (χ2v) is 3.30. The van der Waals surface area contributed by atoms with Crippen molar-refractivity contribution >= 4 is 5.57 Å². The average molecular weight is 170 g/mol. The van der Waals surface area contributed by atoms with Gasteiger partial charge in [0.05, 0.1) is 0 Å². The molecular weight excluding hydrogens is 156 g/mol. The molecule has 1 aliphatic rings. The van der Waals surface area contributed by atoms with Crippen LogP contribution in [0.25, 0.3) is 5.57 Å². The summed E-state index contributed by atoms with van der Waals surface area (Å²) in [4.78, 5) is 0. The lowest BCUT2D eigenvalue weighted by molar-refractivity contribution is 1.16. The van der Waals surface area contributed by atoms with Crippen molar-refractivity contribution in [1.82, 2.24) is 0 Å². The van der Waals surface area contributed by atoms with Crippen LogP contribution in [-0.4, -0.2) is 0 Å². The third kappa shape index (κ3) is 1.57. The Labute approximate surface area is 79.6 Å². The minimum absolute atomic E-state index is 1.10. The van der Waals surface area contributed by atoms with E-state index in [0.29, 0.717) is 0 Å². The molecule has 0 aromatic heterocycles. The molecule has 0 heteroatoms. The molecule has 0 unspecified atom stereocenters. The molecular formula is C13H14. The van der Waals surface area contributed by atoms with E-state index < -0.39 is 0 Å². The first-order valence-electron chi connectivity index (χ1n) is 4.87. The van der Waals surface area contributed by atoms with Crippen molar-refractivity contribution in [2.24, 2.45) is 0 Å². The second kappa shape index (κ2) is 3.61. The Bertz CT molecular complexity index is 342. The number of allylic oxidation sites excluding steroid dienone is 4. The summed E-state index contributed by atoms with van der Waals surface area (Å²) in [6.07, 6.45) is 6.88. The van der Waals surface area contributed by atoms with Gasteiger partial charge in [0, 0.05) is 0 Å². The summed E-state index contributed by atoms with van der Waals surface area (Å²) in [5, 5.41) is 0. The molecule has 13 heavy (non-hydrogen) atoms. The van der Waals surface area contributed by atoms with Crippen LogP contribution in [0.5, 0.6) is 0 Å². The normalized spacial score (nSPS) is 15.5.